The van der Waals surface area contributed by atoms with Gasteiger partial charge in [-0.3, -0.25) is 9.59 Å². The van der Waals surface area contributed by atoms with Crippen LogP contribution in [0.15, 0.2) is 78.5 Å². The van der Waals surface area contributed by atoms with Crippen molar-refractivity contribution in [3.63, 3.8) is 0 Å². The quantitative estimate of drug-likeness (QED) is 0.433. The van der Waals surface area contributed by atoms with Gasteiger partial charge >= 0.3 is 0 Å². The summed E-state index contributed by atoms with van der Waals surface area (Å²) < 4.78 is 14.1. The summed E-state index contributed by atoms with van der Waals surface area (Å²) in [7, 11) is 0. The van der Waals surface area contributed by atoms with Crippen molar-refractivity contribution in [2.24, 2.45) is 0 Å². The third kappa shape index (κ3) is 4.47. The highest BCUT2D eigenvalue weighted by molar-refractivity contribution is 7.80. The Morgan fingerprint density at radius 1 is 1.06 bits per heavy atom. The van der Waals surface area contributed by atoms with Crippen LogP contribution in [-0.2, 0) is 4.79 Å². The van der Waals surface area contributed by atoms with Crippen LogP contribution in [0.3, 0.4) is 0 Å². The van der Waals surface area contributed by atoms with Crippen LogP contribution in [0.1, 0.15) is 15.9 Å². The first kappa shape index (κ1) is 20.7. The number of thiocarbonyl (C=S) groups is 1. The molecule has 5 nitrogen and oxygen atoms in total. The predicted octanol–water partition coefficient (Wildman–Crippen LogP) is 4.99. The lowest BCUT2D eigenvalue weighted by molar-refractivity contribution is -0.113. The van der Waals surface area contributed by atoms with Crippen molar-refractivity contribution < 1.29 is 14.0 Å². The Kier molecular flexibility index (Phi) is 5.79. The molecule has 1 saturated heterocycles. The Bertz CT molecular complexity index is 1230. The lowest BCUT2D eigenvalue weighted by atomic mass is 10.1. The van der Waals surface area contributed by atoms with E-state index in [-0.39, 0.29) is 22.4 Å². The Hall–Kier alpha value is -3.55. The topological polar surface area (TPSA) is 61.4 Å². The maximum Gasteiger partial charge on any atom is 0.281 e. The third-order valence-electron chi connectivity index (χ3n) is 4.53. The zero-order chi connectivity index (χ0) is 22.0. The molecule has 0 radical (unpaired) electrons. The summed E-state index contributed by atoms with van der Waals surface area (Å²) in [6.07, 6.45) is 1.59. The Morgan fingerprint density at radius 3 is 2.55 bits per heavy atom. The van der Waals surface area contributed by atoms with Gasteiger partial charge in [0.05, 0.1) is 5.69 Å². The third-order valence-corrected chi connectivity index (χ3v) is 5.07. The van der Waals surface area contributed by atoms with Crippen LogP contribution in [-0.4, -0.2) is 16.9 Å². The zero-order valence-corrected chi connectivity index (χ0v) is 17.5. The molecule has 0 unspecified atom stereocenters. The van der Waals surface area contributed by atoms with Gasteiger partial charge in [-0.1, -0.05) is 35.9 Å². The van der Waals surface area contributed by atoms with Crippen LogP contribution in [0.25, 0.3) is 6.08 Å². The molecule has 0 aromatic heterocycles. The van der Waals surface area contributed by atoms with E-state index in [2.05, 4.69) is 10.6 Å². The highest BCUT2D eigenvalue weighted by Crippen LogP contribution is 2.25. The van der Waals surface area contributed by atoms with Crippen molar-refractivity contribution in [3.05, 3.63) is 100 Å². The molecule has 0 spiro atoms. The number of halogens is 2. The number of carbonyl (C=O) groups excluding carboxylic acids is 2. The molecule has 0 bridgehead atoms. The number of carbonyl (C=O) groups is 2. The van der Waals surface area contributed by atoms with E-state index in [0.29, 0.717) is 21.8 Å². The normalized spacial score (nSPS) is 14.6. The summed E-state index contributed by atoms with van der Waals surface area (Å²) >= 11 is 11.1. The predicted molar refractivity (Wildman–Crippen MR) is 123 cm³/mol. The molecule has 1 aliphatic heterocycles. The van der Waals surface area contributed by atoms with Gasteiger partial charge in [0.2, 0.25) is 0 Å². The van der Waals surface area contributed by atoms with Crippen LogP contribution < -0.4 is 15.5 Å². The minimum atomic E-state index is -0.548. The van der Waals surface area contributed by atoms with Crippen molar-refractivity contribution in [2.75, 3.05) is 10.2 Å². The monoisotopic (exact) mass is 451 g/mol. The second-order valence-electron chi connectivity index (χ2n) is 6.67. The Balaban J connectivity index is 1.55. The number of hydrogen-bond acceptors (Lipinski definition) is 3. The molecule has 0 atom stereocenters. The molecular formula is C23H15ClFN3O2S. The molecular weight excluding hydrogens is 437 g/mol. The summed E-state index contributed by atoms with van der Waals surface area (Å²) in [5.74, 6) is -1.30. The molecule has 3 aromatic rings. The lowest BCUT2D eigenvalue weighted by Crippen LogP contribution is -2.31. The number of rotatable bonds is 4. The molecule has 3 aromatic carbocycles. The maximum atomic E-state index is 14.1. The second-order valence-corrected chi connectivity index (χ2v) is 7.49. The van der Waals surface area contributed by atoms with Gasteiger partial charge < -0.3 is 10.6 Å². The lowest BCUT2D eigenvalue weighted by Gasteiger charge is -2.14. The van der Waals surface area contributed by atoms with Crippen LogP contribution in [0.2, 0.25) is 5.02 Å². The van der Waals surface area contributed by atoms with Gasteiger partial charge in [-0.15, -0.1) is 0 Å². The number of anilines is 2. The molecule has 1 heterocycles. The minimum absolute atomic E-state index is 0.0809. The summed E-state index contributed by atoms with van der Waals surface area (Å²) in [5, 5.41) is 6.26. The molecule has 0 aliphatic carbocycles. The van der Waals surface area contributed by atoms with Crippen molar-refractivity contribution in [1.29, 1.82) is 0 Å². The number of benzene rings is 3. The van der Waals surface area contributed by atoms with Gasteiger partial charge in [0.1, 0.15) is 11.5 Å². The van der Waals surface area contributed by atoms with Crippen molar-refractivity contribution in [1.82, 2.24) is 5.32 Å². The molecule has 31 heavy (non-hydrogen) atoms. The van der Waals surface area contributed by atoms with Crippen molar-refractivity contribution in [2.45, 2.75) is 0 Å². The van der Waals surface area contributed by atoms with E-state index in [1.165, 1.54) is 18.2 Å². The van der Waals surface area contributed by atoms with Crippen molar-refractivity contribution >= 4 is 58.2 Å². The fraction of sp³-hybridized carbons (Fsp3) is 0. The largest absolute Gasteiger partial charge is 0.327 e. The zero-order valence-electron chi connectivity index (χ0n) is 15.9. The average Bonchev–Trinajstić information content (AvgIpc) is 3.02. The summed E-state index contributed by atoms with van der Waals surface area (Å²) in [6.45, 7) is 0. The number of amides is 2. The van der Waals surface area contributed by atoms with E-state index in [1.54, 1.807) is 60.7 Å². The van der Waals surface area contributed by atoms with E-state index in [1.807, 2.05) is 0 Å². The molecule has 0 saturated carbocycles. The average molecular weight is 452 g/mol. The Morgan fingerprint density at radius 2 is 1.81 bits per heavy atom. The summed E-state index contributed by atoms with van der Waals surface area (Å²) in [6, 6.07) is 19.4. The minimum Gasteiger partial charge on any atom is -0.327 e. The van der Waals surface area contributed by atoms with E-state index in [9.17, 15) is 14.0 Å². The molecule has 154 valence electrons. The molecule has 1 fully saturated rings. The van der Waals surface area contributed by atoms with Crippen LogP contribution in [0.5, 0.6) is 0 Å². The van der Waals surface area contributed by atoms with Crippen LogP contribution in [0.4, 0.5) is 15.8 Å². The molecule has 2 N–H and O–H groups in total. The maximum absolute atomic E-state index is 14.1. The van der Waals surface area contributed by atoms with E-state index in [0.717, 1.165) is 4.90 Å². The highest BCUT2D eigenvalue weighted by atomic mass is 35.5. The first-order chi connectivity index (χ1) is 14.9. The SMILES string of the molecule is O=C(Nc1cccc(/C=C2/NC(=S)N(c3ccccc3F)C2=O)c1)c1ccc(Cl)cc1. The number of nitrogens with one attached hydrogen (secondary N) is 2. The fourth-order valence-electron chi connectivity index (χ4n) is 3.06. The molecule has 1 aliphatic rings. The van der Waals surface area contributed by atoms with E-state index in [4.69, 9.17) is 23.8 Å². The Labute approximate surface area is 188 Å². The van der Waals surface area contributed by atoms with E-state index < -0.39 is 11.7 Å². The summed E-state index contributed by atoms with van der Waals surface area (Å²) in [4.78, 5) is 26.3. The first-order valence-corrected chi connectivity index (χ1v) is 9.99. The highest BCUT2D eigenvalue weighted by Gasteiger charge is 2.33. The number of para-hydroxylation sites is 1. The number of nitrogens with zero attached hydrogens (tertiary/aromatic N) is 1. The summed E-state index contributed by atoms with van der Waals surface area (Å²) in [5.41, 5.74) is 1.95. The van der Waals surface area contributed by atoms with Gasteiger partial charge in [-0.05, 0) is 72.4 Å². The van der Waals surface area contributed by atoms with Gasteiger partial charge in [-0.25, -0.2) is 9.29 Å². The van der Waals surface area contributed by atoms with Gasteiger partial charge in [0, 0.05) is 16.3 Å². The first-order valence-electron chi connectivity index (χ1n) is 9.21. The van der Waals surface area contributed by atoms with Gasteiger partial charge in [-0.2, -0.15) is 0 Å². The standard InChI is InChI=1S/C23H15ClFN3O2S/c24-16-10-8-15(9-11-16)21(29)26-17-5-3-4-14(12-17)13-19-22(30)28(23(31)27-19)20-7-2-1-6-18(20)25/h1-13H,(H,26,29)(H,27,31)/b19-13+. The second kappa shape index (κ2) is 8.67. The van der Waals surface area contributed by atoms with E-state index >= 15 is 0 Å². The molecule has 4 rings (SSSR count). The fourth-order valence-corrected chi connectivity index (χ4v) is 3.48. The van der Waals surface area contributed by atoms with Crippen molar-refractivity contribution in [3.8, 4) is 0 Å². The van der Waals surface area contributed by atoms with Crippen LogP contribution in [0, 0.1) is 5.82 Å². The smallest absolute Gasteiger partial charge is 0.281 e. The van der Waals surface area contributed by atoms with Gasteiger partial charge in [0.15, 0.2) is 5.11 Å². The van der Waals surface area contributed by atoms with Crippen LogP contribution >= 0.6 is 23.8 Å². The number of hydrogen-bond donors (Lipinski definition) is 2. The van der Waals surface area contributed by atoms with Gasteiger partial charge in [0.25, 0.3) is 11.8 Å². The molecule has 8 heteroatoms. The molecule has 2 amide bonds.